The molecule has 1 unspecified atom stereocenters. The van der Waals surface area contributed by atoms with E-state index >= 15 is 0 Å². The summed E-state index contributed by atoms with van der Waals surface area (Å²) in [5.41, 5.74) is 9.58. The molecule has 21 nitrogen and oxygen atoms in total. The van der Waals surface area contributed by atoms with E-state index in [9.17, 15) is 33.9 Å². The van der Waals surface area contributed by atoms with Crippen LogP contribution in [0.25, 0.3) is 33.3 Å². The Bertz CT molecular complexity index is 3220. The van der Waals surface area contributed by atoms with Crippen LogP contribution in [-0.2, 0) is 25.6 Å². The molecule has 0 spiro atoms. The Morgan fingerprint density at radius 3 is 2.35 bits per heavy atom. The van der Waals surface area contributed by atoms with Crippen LogP contribution in [-0.4, -0.2) is 101 Å². The molecule has 0 radical (unpaired) electrons. The molecule has 22 heteroatoms. The van der Waals surface area contributed by atoms with Gasteiger partial charge in [-0.1, -0.05) is 42.5 Å². The number of hydrogen-bond acceptors (Lipinski definition) is 14. The first-order valence-corrected chi connectivity index (χ1v) is 22.9. The lowest BCUT2D eigenvalue weighted by Crippen LogP contribution is -2.58. The van der Waals surface area contributed by atoms with Crippen LogP contribution in [0.4, 0.5) is 23.2 Å². The number of esters is 1. The van der Waals surface area contributed by atoms with Gasteiger partial charge in [0.05, 0.1) is 42.5 Å². The fourth-order valence-corrected chi connectivity index (χ4v) is 8.00. The maximum atomic E-state index is 13.5. The highest BCUT2D eigenvalue weighted by Gasteiger charge is 2.38. The molecule has 1 fully saturated rings. The molecule has 1 aliphatic heterocycles. The molecule has 2 amide bonds. The van der Waals surface area contributed by atoms with E-state index in [0.29, 0.717) is 60.2 Å². The molecule has 0 saturated carbocycles. The Kier molecular flexibility index (Phi) is 15.3. The normalized spacial score (nSPS) is 13.4. The number of aliphatic carboxylic acids is 1. The smallest absolute Gasteiger partial charge is 0.356 e. The Morgan fingerprint density at radius 2 is 1.61 bits per heavy atom. The van der Waals surface area contributed by atoms with Gasteiger partial charge in [0.15, 0.2) is 16.1 Å². The van der Waals surface area contributed by atoms with Crippen LogP contribution < -0.4 is 52.8 Å². The fraction of sp³-hybridized carbons (Fsp3) is 0.224. The summed E-state index contributed by atoms with van der Waals surface area (Å²) in [5, 5.41) is 24.5. The van der Waals surface area contributed by atoms with Gasteiger partial charge in [0.2, 0.25) is 18.2 Å². The third kappa shape index (κ3) is 12.2. The average molecular weight is 984 g/mol. The Hall–Kier alpha value is -8.60. The SMILES string of the molecule is Nc1nc2[nH+]cc(CNc3ccc(C(=O)NC(CCC(=O)O)C(=O)NCCNC(=S)Nc4ccc(C(=O)OC[N+]5(c6cc(=O)c7cccc(-c8ccccc8)c7o6)CCOCC5)cc4)cc3)nc2c(=O)[nH]1. The Balaban J connectivity index is 0.800. The third-order valence-electron chi connectivity index (χ3n) is 11.6. The lowest BCUT2D eigenvalue weighted by atomic mass is 10.0. The third-order valence-corrected chi connectivity index (χ3v) is 11.8. The van der Waals surface area contributed by atoms with Crippen LogP contribution in [0, 0.1) is 0 Å². The summed E-state index contributed by atoms with van der Waals surface area (Å²) in [4.78, 5) is 90.5. The van der Waals surface area contributed by atoms with Gasteiger partial charge >= 0.3 is 29.4 Å². The first-order chi connectivity index (χ1) is 34.3. The quantitative estimate of drug-likeness (QED) is 0.0265. The molecule has 3 aromatic heterocycles. The van der Waals surface area contributed by atoms with Crippen molar-refractivity contribution in [1.29, 1.82) is 0 Å². The summed E-state index contributed by atoms with van der Waals surface area (Å²) in [6.07, 6.45) is 1.06. The van der Waals surface area contributed by atoms with Gasteiger partial charge in [0.1, 0.15) is 25.3 Å². The average Bonchev–Trinajstić information content (AvgIpc) is 3.38. The molecular formula is C49H49N11O10S+2. The number of thiocarbonyl (C=S) groups is 1. The van der Waals surface area contributed by atoms with Crippen LogP contribution in [0.3, 0.4) is 0 Å². The van der Waals surface area contributed by atoms with E-state index in [-0.39, 0.29) is 82.5 Å². The molecule has 4 aromatic carbocycles. The first kappa shape index (κ1) is 48.8. The van der Waals surface area contributed by atoms with Crippen LogP contribution in [0.2, 0.25) is 0 Å². The molecule has 0 aliphatic carbocycles. The number of nitrogens with zero attached hydrogens (tertiary/aromatic N) is 3. The van der Waals surface area contributed by atoms with Crippen LogP contribution in [0.15, 0.2) is 123 Å². The number of hydrogen-bond donors (Lipinski definition) is 8. The zero-order chi connectivity index (χ0) is 49.9. The Morgan fingerprint density at radius 1 is 0.887 bits per heavy atom. The van der Waals surface area contributed by atoms with Crippen molar-refractivity contribution in [2.45, 2.75) is 25.4 Å². The van der Waals surface area contributed by atoms with Gasteiger partial charge in [-0.3, -0.25) is 29.0 Å². The summed E-state index contributed by atoms with van der Waals surface area (Å²) in [5.74, 6) is -2.54. The van der Waals surface area contributed by atoms with E-state index in [4.69, 9.17) is 31.8 Å². The minimum absolute atomic E-state index is 0.0368. The number of aromatic amines is 2. The summed E-state index contributed by atoms with van der Waals surface area (Å²) in [6.45, 7) is 1.97. The zero-order valence-electron chi connectivity index (χ0n) is 38.0. The van der Waals surface area contributed by atoms with Crippen molar-refractivity contribution in [1.82, 2.24) is 35.4 Å². The number of nitrogens with one attached hydrogen (secondary N) is 7. The zero-order valence-corrected chi connectivity index (χ0v) is 38.8. The van der Waals surface area contributed by atoms with E-state index in [2.05, 4.69) is 46.5 Å². The van der Waals surface area contributed by atoms with E-state index in [0.717, 1.165) is 11.1 Å². The molecule has 7 aromatic rings. The molecule has 364 valence electrons. The van der Waals surface area contributed by atoms with Crippen LogP contribution >= 0.6 is 12.2 Å². The van der Waals surface area contributed by atoms with Crippen LogP contribution in [0.1, 0.15) is 39.3 Å². The summed E-state index contributed by atoms with van der Waals surface area (Å²) < 4.78 is 18.1. The topological polar surface area (TPSA) is 296 Å². The van der Waals surface area contributed by atoms with Crippen molar-refractivity contribution in [3.63, 3.8) is 0 Å². The monoisotopic (exact) mass is 983 g/mol. The number of benzene rings is 4. The lowest BCUT2D eigenvalue weighted by molar-refractivity contribution is -0.349. The number of ether oxygens (including phenoxy) is 2. The van der Waals surface area contributed by atoms with Crippen molar-refractivity contribution < 1.29 is 43.2 Å². The first-order valence-electron chi connectivity index (χ1n) is 22.4. The Labute approximate surface area is 409 Å². The predicted octanol–water partition coefficient (Wildman–Crippen LogP) is 3.32. The number of carbonyl (C=O) groups is 4. The maximum Gasteiger partial charge on any atom is 0.356 e. The number of rotatable bonds is 18. The number of carboxylic acids is 1. The second-order valence-corrected chi connectivity index (χ2v) is 16.8. The van der Waals surface area contributed by atoms with Gasteiger partial charge in [-0.2, -0.15) is 0 Å². The van der Waals surface area contributed by atoms with E-state index in [1.807, 2.05) is 42.5 Å². The number of carbonyl (C=O) groups excluding carboxylic acids is 3. The second-order valence-electron chi connectivity index (χ2n) is 16.4. The summed E-state index contributed by atoms with van der Waals surface area (Å²) in [6, 6.07) is 28.3. The number of carboxylic acid groups (broad SMARTS) is 1. The maximum absolute atomic E-state index is 13.5. The number of morpholine rings is 1. The lowest BCUT2D eigenvalue weighted by Gasteiger charge is -2.37. The number of nitrogens with two attached hydrogens (primary N) is 1. The molecule has 71 heavy (non-hydrogen) atoms. The second kappa shape index (κ2) is 22.2. The molecule has 10 N–H and O–H groups in total. The van der Waals surface area contributed by atoms with Gasteiger partial charge in [-0.15, -0.1) is 0 Å². The highest BCUT2D eigenvalue weighted by molar-refractivity contribution is 7.80. The fourth-order valence-electron chi connectivity index (χ4n) is 7.78. The van der Waals surface area contributed by atoms with Crippen molar-refractivity contribution in [3.05, 3.63) is 147 Å². The van der Waals surface area contributed by atoms with Crippen molar-refractivity contribution in [3.8, 4) is 11.1 Å². The van der Waals surface area contributed by atoms with Crippen molar-refractivity contribution >= 4 is 86.4 Å². The van der Waals surface area contributed by atoms with Gasteiger partial charge in [-0.25, -0.2) is 19.2 Å². The largest absolute Gasteiger partial charge is 0.481 e. The number of amides is 2. The number of fused-ring (bicyclic) bond motifs is 2. The van der Waals surface area contributed by atoms with Gasteiger partial charge in [0.25, 0.3) is 11.5 Å². The number of quaternary nitrogens is 1. The van der Waals surface area contributed by atoms with Crippen molar-refractivity contribution in [2.24, 2.45) is 0 Å². The summed E-state index contributed by atoms with van der Waals surface area (Å²) in [7, 11) is 0. The molecular weight excluding hydrogens is 935 g/mol. The molecule has 0 bridgehead atoms. The van der Waals surface area contributed by atoms with Crippen molar-refractivity contribution in [2.75, 3.05) is 62.5 Å². The highest BCUT2D eigenvalue weighted by Crippen LogP contribution is 2.33. The number of nitrogen functional groups attached to an aromatic ring is 1. The minimum Gasteiger partial charge on any atom is -0.481 e. The van der Waals surface area contributed by atoms with Crippen LogP contribution in [0.5, 0.6) is 0 Å². The highest BCUT2D eigenvalue weighted by atomic mass is 32.1. The molecule has 1 aliphatic rings. The molecule has 1 atom stereocenters. The summed E-state index contributed by atoms with van der Waals surface area (Å²) >= 11 is 5.44. The van der Waals surface area contributed by atoms with E-state index < -0.39 is 35.4 Å². The minimum atomic E-state index is -1.15. The van der Waals surface area contributed by atoms with E-state index in [1.54, 1.807) is 48.7 Å². The number of aromatic nitrogens is 4. The number of para-hydroxylation sites is 1. The molecule has 4 heterocycles. The molecule has 1 saturated heterocycles. The van der Waals surface area contributed by atoms with Gasteiger partial charge in [0, 0.05) is 42.0 Å². The van der Waals surface area contributed by atoms with Gasteiger partial charge < -0.3 is 51.3 Å². The predicted molar refractivity (Wildman–Crippen MR) is 267 cm³/mol. The molecule has 8 rings (SSSR count). The van der Waals surface area contributed by atoms with E-state index in [1.165, 1.54) is 18.2 Å². The van der Waals surface area contributed by atoms with Gasteiger partial charge in [-0.05, 0) is 83.8 Å². The standard InChI is InChI=1S/C49H47N11O10S/c50-48-58-43-41(46(66)59-48)55-34(27-54-43)26-53-32-13-9-30(10-14-32)44(64)57-37(17-18-40(62)63)45(65)51-19-20-52-49(71)56-33-15-11-31(12-16-33)47(67)69-28-60(21-23-68-24-22-60)39-25-38(61)36-8-4-7-35(42(36)70-39)29-5-2-1-3-6-29/h1-16,25,27,37H,17-24,26,28H2,(H8-,50,51,52,53,54,56,57,58,59,62,63,64,65,66,67,71)/p+2. The number of H-pyrrole nitrogens is 2. The number of anilines is 3.